The summed E-state index contributed by atoms with van der Waals surface area (Å²) in [5, 5.41) is 10.4. The van der Waals surface area contributed by atoms with Gasteiger partial charge in [0, 0.05) is 25.4 Å². The van der Waals surface area contributed by atoms with Gasteiger partial charge < -0.3 is 10.6 Å². The third-order valence-electron chi connectivity index (χ3n) is 3.25. The van der Waals surface area contributed by atoms with Crippen LogP contribution in [0, 0.1) is 5.92 Å². The summed E-state index contributed by atoms with van der Waals surface area (Å²) < 4.78 is 1.75. The smallest absolute Gasteiger partial charge is 0.224 e. The van der Waals surface area contributed by atoms with E-state index in [2.05, 4.69) is 15.7 Å². The fourth-order valence-corrected chi connectivity index (χ4v) is 2.15. The van der Waals surface area contributed by atoms with Crippen molar-refractivity contribution >= 4 is 5.91 Å². The van der Waals surface area contributed by atoms with Crippen LogP contribution in [-0.4, -0.2) is 28.8 Å². The second kappa shape index (κ2) is 5.31. The monoisotopic (exact) mass is 236 g/mol. The van der Waals surface area contributed by atoms with Gasteiger partial charge in [-0.3, -0.25) is 9.48 Å². The van der Waals surface area contributed by atoms with Crippen LogP contribution in [-0.2, 0) is 11.8 Å². The van der Waals surface area contributed by atoms with Crippen molar-refractivity contribution in [3.63, 3.8) is 0 Å². The number of aryl methyl sites for hydroxylation is 1. The minimum atomic E-state index is 0.0260. The molecule has 0 bridgehead atoms. The molecule has 0 aromatic carbocycles. The van der Waals surface area contributed by atoms with Crippen LogP contribution >= 0.6 is 0 Å². The van der Waals surface area contributed by atoms with Gasteiger partial charge in [0.05, 0.1) is 18.2 Å². The molecule has 2 N–H and O–H groups in total. The highest BCUT2D eigenvalue weighted by Gasteiger charge is 2.22. The number of hydrogen-bond acceptors (Lipinski definition) is 3. The average Bonchev–Trinajstić information content (AvgIpc) is 2.77. The molecule has 1 saturated heterocycles. The highest BCUT2D eigenvalue weighted by molar-refractivity contribution is 5.79. The molecule has 1 aliphatic heterocycles. The molecule has 0 radical (unpaired) electrons. The van der Waals surface area contributed by atoms with Crippen LogP contribution in [0.25, 0.3) is 0 Å². The minimum absolute atomic E-state index is 0.0260. The average molecular weight is 236 g/mol. The summed E-state index contributed by atoms with van der Waals surface area (Å²) in [7, 11) is 1.88. The Bertz CT molecular complexity index is 382. The molecule has 0 saturated carbocycles. The summed E-state index contributed by atoms with van der Waals surface area (Å²) in [6.07, 6.45) is 5.80. The number of piperidine rings is 1. The van der Waals surface area contributed by atoms with Crippen LogP contribution in [0.5, 0.6) is 0 Å². The summed E-state index contributed by atoms with van der Waals surface area (Å²) in [6.45, 7) is 3.82. The summed E-state index contributed by atoms with van der Waals surface area (Å²) in [5.74, 6) is 0.261. The van der Waals surface area contributed by atoms with Gasteiger partial charge in [0.1, 0.15) is 0 Å². The standard InChI is InChI=1S/C12H20N4O/c1-9(11-7-14-16(2)8-11)15-12(17)10-4-3-5-13-6-10/h7-10,13H,3-6H2,1-2H3,(H,15,17)/t9?,10-/m1/s1. The zero-order valence-electron chi connectivity index (χ0n) is 10.4. The van der Waals surface area contributed by atoms with Crippen molar-refractivity contribution in [2.24, 2.45) is 13.0 Å². The molecule has 1 aromatic rings. The Kier molecular flexibility index (Phi) is 3.78. The fraction of sp³-hybridized carbons (Fsp3) is 0.667. The van der Waals surface area contributed by atoms with Crippen LogP contribution in [0.2, 0.25) is 0 Å². The fourth-order valence-electron chi connectivity index (χ4n) is 2.15. The van der Waals surface area contributed by atoms with Gasteiger partial charge in [0.15, 0.2) is 0 Å². The maximum absolute atomic E-state index is 12.0. The van der Waals surface area contributed by atoms with Crippen molar-refractivity contribution in [1.29, 1.82) is 0 Å². The predicted molar refractivity (Wildman–Crippen MR) is 65.4 cm³/mol. The molecule has 5 nitrogen and oxygen atoms in total. The molecule has 2 rings (SSSR count). The van der Waals surface area contributed by atoms with Crippen LogP contribution < -0.4 is 10.6 Å². The normalized spacial score (nSPS) is 22.1. The Hall–Kier alpha value is -1.36. The van der Waals surface area contributed by atoms with Crippen LogP contribution in [0.3, 0.4) is 0 Å². The topological polar surface area (TPSA) is 59.0 Å². The molecule has 1 amide bonds. The SMILES string of the molecule is CC(NC(=O)[C@@H]1CCCNC1)c1cnn(C)c1. The lowest BCUT2D eigenvalue weighted by Gasteiger charge is -2.23. The van der Waals surface area contributed by atoms with Gasteiger partial charge in [-0.15, -0.1) is 0 Å². The molecular formula is C12H20N4O. The van der Waals surface area contributed by atoms with Crippen LogP contribution in [0.4, 0.5) is 0 Å². The molecule has 1 unspecified atom stereocenters. The summed E-state index contributed by atoms with van der Waals surface area (Å²) in [5.41, 5.74) is 1.05. The molecule has 5 heteroatoms. The number of nitrogens with zero attached hydrogens (tertiary/aromatic N) is 2. The number of carbonyl (C=O) groups excluding carboxylic acids is 1. The van der Waals surface area contributed by atoms with E-state index in [1.54, 1.807) is 10.9 Å². The molecule has 94 valence electrons. The van der Waals surface area contributed by atoms with Gasteiger partial charge in [-0.25, -0.2) is 0 Å². The Labute approximate surface area is 102 Å². The number of amides is 1. The maximum Gasteiger partial charge on any atom is 0.224 e. The Morgan fingerprint density at radius 1 is 1.71 bits per heavy atom. The molecular weight excluding hydrogens is 216 g/mol. The van der Waals surface area contributed by atoms with Crippen LogP contribution in [0.15, 0.2) is 12.4 Å². The third kappa shape index (κ3) is 3.06. The zero-order valence-corrected chi connectivity index (χ0v) is 10.4. The Morgan fingerprint density at radius 3 is 3.12 bits per heavy atom. The van der Waals surface area contributed by atoms with Crippen molar-refractivity contribution in [3.8, 4) is 0 Å². The van der Waals surface area contributed by atoms with E-state index < -0.39 is 0 Å². The maximum atomic E-state index is 12.0. The van der Waals surface area contributed by atoms with Gasteiger partial charge in [-0.1, -0.05) is 0 Å². The minimum Gasteiger partial charge on any atom is -0.349 e. The first-order chi connectivity index (χ1) is 8.16. The number of hydrogen-bond donors (Lipinski definition) is 2. The van der Waals surface area contributed by atoms with E-state index in [1.807, 2.05) is 20.2 Å². The molecule has 1 aliphatic rings. The lowest BCUT2D eigenvalue weighted by molar-refractivity contribution is -0.126. The number of carbonyl (C=O) groups is 1. The largest absolute Gasteiger partial charge is 0.349 e. The van der Waals surface area contributed by atoms with Gasteiger partial charge in [0.25, 0.3) is 0 Å². The molecule has 2 heterocycles. The highest BCUT2D eigenvalue weighted by Crippen LogP contribution is 2.14. The molecule has 17 heavy (non-hydrogen) atoms. The molecule has 2 atom stereocenters. The molecule has 1 aromatic heterocycles. The summed E-state index contributed by atoms with van der Waals surface area (Å²) >= 11 is 0. The van der Waals surface area contributed by atoms with Gasteiger partial charge in [0.2, 0.25) is 5.91 Å². The van der Waals surface area contributed by atoms with E-state index in [-0.39, 0.29) is 17.9 Å². The lowest BCUT2D eigenvalue weighted by atomic mass is 9.98. The summed E-state index contributed by atoms with van der Waals surface area (Å²) in [4.78, 5) is 12.0. The van der Waals surface area contributed by atoms with Crippen molar-refractivity contribution in [2.45, 2.75) is 25.8 Å². The zero-order chi connectivity index (χ0) is 12.3. The number of nitrogens with one attached hydrogen (secondary N) is 2. The van der Waals surface area contributed by atoms with Gasteiger partial charge >= 0.3 is 0 Å². The van der Waals surface area contributed by atoms with Crippen molar-refractivity contribution in [3.05, 3.63) is 18.0 Å². The number of aromatic nitrogens is 2. The van der Waals surface area contributed by atoms with Crippen molar-refractivity contribution in [2.75, 3.05) is 13.1 Å². The van der Waals surface area contributed by atoms with Crippen molar-refractivity contribution < 1.29 is 4.79 Å². The lowest BCUT2D eigenvalue weighted by Crippen LogP contribution is -2.41. The van der Waals surface area contributed by atoms with Gasteiger partial charge in [-0.2, -0.15) is 5.10 Å². The predicted octanol–water partition coefficient (Wildman–Crippen LogP) is 0.597. The molecule has 0 aliphatic carbocycles. The van der Waals surface area contributed by atoms with E-state index in [0.717, 1.165) is 31.5 Å². The quantitative estimate of drug-likeness (QED) is 0.808. The second-order valence-corrected chi connectivity index (χ2v) is 4.72. The summed E-state index contributed by atoms with van der Waals surface area (Å²) in [6, 6.07) is 0.0260. The van der Waals surface area contributed by atoms with Crippen LogP contribution in [0.1, 0.15) is 31.4 Å². The highest BCUT2D eigenvalue weighted by atomic mass is 16.2. The number of rotatable bonds is 3. The molecule has 0 spiro atoms. The van der Waals surface area contributed by atoms with E-state index in [1.165, 1.54) is 0 Å². The van der Waals surface area contributed by atoms with E-state index in [0.29, 0.717) is 0 Å². The Balaban J connectivity index is 1.89. The van der Waals surface area contributed by atoms with E-state index >= 15 is 0 Å². The first kappa shape index (κ1) is 12.1. The van der Waals surface area contributed by atoms with E-state index in [4.69, 9.17) is 0 Å². The molecule has 1 fully saturated rings. The first-order valence-corrected chi connectivity index (χ1v) is 6.16. The van der Waals surface area contributed by atoms with E-state index in [9.17, 15) is 4.79 Å². The second-order valence-electron chi connectivity index (χ2n) is 4.72. The van der Waals surface area contributed by atoms with Crippen molar-refractivity contribution in [1.82, 2.24) is 20.4 Å². The first-order valence-electron chi connectivity index (χ1n) is 6.16. The van der Waals surface area contributed by atoms with Gasteiger partial charge in [-0.05, 0) is 26.3 Å². The third-order valence-corrected chi connectivity index (χ3v) is 3.25. The Morgan fingerprint density at radius 2 is 2.53 bits per heavy atom.